The van der Waals surface area contributed by atoms with Crippen LogP contribution in [0.4, 0.5) is 0 Å². The predicted octanol–water partition coefficient (Wildman–Crippen LogP) is 1.03. The zero-order valence-electron chi connectivity index (χ0n) is 6.57. The van der Waals surface area contributed by atoms with Gasteiger partial charge in [0.25, 0.3) is 0 Å². The lowest BCUT2D eigenvalue weighted by Gasteiger charge is -2.27. The molecule has 0 fully saturated rings. The van der Waals surface area contributed by atoms with E-state index in [0.29, 0.717) is 5.76 Å². The third-order valence-electron chi connectivity index (χ3n) is 1.53. The van der Waals surface area contributed by atoms with Crippen molar-refractivity contribution < 1.29 is 9.53 Å². The van der Waals surface area contributed by atoms with Gasteiger partial charge in [0.1, 0.15) is 0 Å². The SMILES string of the molecule is C[N-]C1C=CC(=O)C=C1OC. The Morgan fingerprint density at radius 1 is 1.64 bits per heavy atom. The average molecular weight is 152 g/mol. The summed E-state index contributed by atoms with van der Waals surface area (Å²) in [5.74, 6) is 0.571. The van der Waals surface area contributed by atoms with E-state index in [1.807, 2.05) is 0 Å². The minimum atomic E-state index is -0.0855. The van der Waals surface area contributed by atoms with Crippen LogP contribution in [0.2, 0.25) is 0 Å². The van der Waals surface area contributed by atoms with E-state index in [1.165, 1.54) is 19.3 Å². The van der Waals surface area contributed by atoms with Crippen LogP contribution in [-0.4, -0.2) is 26.0 Å². The molecule has 1 rings (SSSR count). The predicted molar refractivity (Wildman–Crippen MR) is 42.3 cm³/mol. The van der Waals surface area contributed by atoms with Gasteiger partial charge >= 0.3 is 0 Å². The maximum atomic E-state index is 10.8. The van der Waals surface area contributed by atoms with Crippen molar-refractivity contribution in [1.29, 1.82) is 0 Å². The molecule has 0 spiro atoms. The zero-order chi connectivity index (χ0) is 8.27. The molecule has 0 aliphatic heterocycles. The minimum absolute atomic E-state index is 0.0400. The van der Waals surface area contributed by atoms with Crippen molar-refractivity contribution in [3.63, 3.8) is 0 Å². The normalized spacial score (nSPS) is 23.3. The molecule has 11 heavy (non-hydrogen) atoms. The summed E-state index contributed by atoms with van der Waals surface area (Å²) in [4.78, 5) is 10.8. The smallest absolute Gasteiger partial charge is 0.181 e. The summed E-state index contributed by atoms with van der Waals surface area (Å²) in [7, 11) is 3.23. The number of carbonyl (C=O) groups is 1. The van der Waals surface area contributed by atoms with Gasteiger partial charge in [-0.1, -0.05) is 12.1 Å². The molecule has 0 heterocycles. The van der Waals surface area contributed by atoms with Crippen LogP contribution in [0.25, 0.3) is 5.32 Å². The van der Waals surface area contributed by atoms with E-state index in [0.717, 1.165) is 0 Å². The summed E-state index contributed by atoms with van der Waals surface area (Å²) in [5, 5.41) is 4.00. The van der Waals surface area contributed by atoms with Gasteiger partial charge in [0, 0.05) is 6.08 Å². The second-order valence-corrected chi connectivity index (χ2v) is 2.22. The Bertz CT molecular complexity index is 218. The third kappa shape index (κ3) is 1.68. The van der Waals surface area contributed by atoms with E-state index in [2.05, 4.69) is 5.32 Å². The summed E-state index contributed by atoms with van der Waals surface area (Å²) >= 11 is 0. The van der Waals surface area contributed by atoms with Gasteiger partial charge in [0.05, 0.1) is 12.9 Å². The van der Waals surface area contributed by atoms with Gasteiger partial charge in [-0.15, -0.1) is 0 Å². The van der Waals surface area contributed by atoms with Crippen LogP contribution in [0.15, 0.2) is 24.0 Å². The molecule has 0 aromatic rings. The molecule has 1 unspecified atom stereocenters. The molecule has 0 N–H and O–H groups in total. The number of nitrogens with zero attached hydrogens (tertiary/aromatic N) is 1. The van der Waals surface area contributed by atoms with Crippen molar-refractivity contribution in [1.82, 2.24) is 0 Å². The second kappa shape index (κ2) is 3.34. The Labute approximate surface area is 65.7 Å². The van der Waals surface area contributed by atoms with Crippen molar-refractivity contribution >= 4 is 5.78 Å². The first-order valence-corrected chi connectivity index (χ1v) is 3.34. The maximum absolute atomic E-state index is 10.8. The van der Waals surface area contributed by atoms with E-state index in [1.54, 1.807) is 13.1 Å². The van der Waals surface area contributed by atoms with E-state index < -0.39 is 0 Å². The number of rotatable bonds is 2. The van der Waals surface area contributed by atoms with E-state index >= 15 is 0 Å². The monoisotopic (exact) mass is 152 g/mol. The number of likely N-dealkylation sites (N-methyl/N-ethyl adjacent to an activating group) is 1. The maximum Gasteiger partial charge on any atom is 0.181 e. The first-order chi connectivity index (χ1) is 5.27. The van der Waals surface area contributed by atoms with Gasteiger partial charge in [-0.25, -0.2) is 0 Å². The lowest BCUT2D eigenvalue weighted by molar-refractivity contribution is -0.110. The molecule has 0 saturated heterocycles. The Morgan fingerprint density at radius 3 is 2.91 bits per heavy atom. The average Bonchev–Trinajstić information content (AvgIpc) is 2.04. The highest BCUT2D eigenvalue weighted by atomic mass is 16.5. The molecule has 1 aliphatic carbocycles. The Balaban J connectivity index is 2.77. The molecule has 0 bridgehead atoms. The summed E-state index contributed by atoms with van der Waals surface area (Å²) in [6.07, 6.45) is 4.68. The summed E-state index contributed by atoms with van der Waals surface area (Å²) < 4.78 is 4.96. The first-order valence-electron chi connectivity index (χ1n) is 3.34. The molecule has 0 radical (unpaired) electrons. The highest BCUT2D eigenvalue weighted by Crippen LogP contribution is 2.16. The van der Waals surface area contributed by atoms with Crippen molar-refractivity contribution in [2.24, 2.45) is 0 Å². The summed E-state index contributed by atoms with van der Waals surface area (Å²) in [6.45, 7) is 0. The van der Waals surface area contributed by atoms with Gasteiger partial charge in [-0.05, 0) is 6.08 Å². The lowest BCUT2D eigenvalue weighted by Crippen LogP contribution is -2.13. The van der Waals surface area contributed by atoms with Crippen LogP contribution in [0.5, 0.6) is 0 Å². The Kier molecular flexibility index (Phi) is 2.44. The highest BCUT2D eigenvalue weighted by molar-refractivity contribution is 6.01. The van der Waals surface area contributed by atoms with Crippen molar-refractivity contribution in [3.05, 3.63) is 29.3 Å². The number of allylic oxidation sites excluding steroid dienone is 2. The minimum Gasteiger partial charge on any atom is -0.653 e. The fraction of sp³-hybridized carbons (Fsp3) is 0.375. The fourth-order valence-corrected chi connectivity index (χ4v) is 0.948. The van der Waals surface area contributed by atoms with Gasteiger partial charge < -0.3 is 10.1 Å². The molecule has 0 amide bonds. The molecule has 0 aromatic heterocycles. The van der Waals surface area contributed by atoms with E-state index in [4.69, 9.17) is 4.74 Å². The van der Waals surface area contributed by atoms with Crippen LogP contribution >= 0.6 is 0 Å². The molecule has 60 valence electrons. The van der Waals surface area contributed by atoms with Crippen molar-refractivity contribution in [2.45, 2.75) is 6.04 Å². The molecule has 1 aliphatic rings. The van der Waals surface area contributed by atoms with Gasteiger partial charge in [-0.2, -0.15) is 7.05 Å². The number of ketones is 1. The Morgan fingerprint density at radius 2 is 2.36 bits per heavy atom. The molecule has 0 aromatic carbocycles. The number of carbonyl (C=O) groups excluding carboxylic acids is 1. The van der Waals surface area contributed by atoms with Crippen LogP contribution in [0, 0.1) is 0 Å². The fourth-order valence-electron chi connectivity index (χ4n) is 0.948. The van der Waals surface area contributed by atoms with Gasteiger partial charge in [0.2, 0.25) is 0 Å². The zero-order valence-corrected chi connectivity index (χ0v) is 6.57. The largest absolute Gasteiger partial charge is 0.653 e. The number of methoxy groups -OCH3 is 1. The number of hydrogen-bond donors (Lipinski definition) is 0. The Hall–Kier alpha value is -1.09. The van der Waals surface area contributed by atoms with Crippen molar-refractivity contribution in [2.75, 3.05) is 14.2 Å². The van der Waals surface area contributed by atoms with Crippen LogP contribution < -0.4 is 0 Å². The van der Waals surface area contributed by atoms with Gasteiger partial charge in [-0.3, -0.25) is 4.79 Å². The molecule has 1 atom stereocenters. The quantitative estimate of drug-likeness (QED) is 0.592. The topological polar surface area (TPSA) is 40.4 Å². The molecular weight excluding hydrogens is 142 g/mol. The van der Waals surface area contributed by atoms with Crippen LogP contribution in [0.3, 0.4) is 0 Å². The van der Waals surface area contributed by atoms with Gasteiger partial charge in [0.15, 0.2) is 5.78 Å². The number of hydrogen-bond acceptors (Lipinski definition) is 2. The third-order valence-corrected chi connectivity index (χ3v) is 1.53. The molecule has 3 heteroatoms. The van der Waals surface area contributed by atoms with E-state index in [9.17, 15) is 4.79 Å². The summed E-state index contributed by atoms with van der Waals surface area (Å²) in [6, 6.07) is -0.0855. The standard InChI is InChI=1S/C8H10NO2/c1-9-7-4-3-6(10)5-8(7)11-2/h3-5,7H,1-2H3/q-1. The lowest BCUT2D eigenvalue weighted by atomic mass is 10.1. The van der Waals surface area contributed by atoms with Crippen molar-refractivity contribution in [3.8, 4) is 0 Å². The first kappa shape index (κ1) is 8.01. The molecule has 3 nitrogen and oxygen atoms in total. The summed E-state index contributed by atoms with van der Waals surface area (Å²) in [5.41, 5.74) is 0. The molecule has 0 saturated carbocycles. The highest BCUT2D eigenvalue weighted by Gasteiger charge is 2.07. The van der Waals surface area contributed by atoms with Crippen LogP contribution in [-0.2, 0) is 9.53 Å². The van der Waals surface area contributed by atoms with E-state index in [-0.39, 0.29) is 11.8 Å². The van der Waals surface area contributed by atoms with Crippen LogP contribution in [0.1, 0.15) is 0 Å². The number of ether oxygens (including phenoxy) is 1. The second-order valence-electron chi connectivity index (χ2n) is 2.22. The molecular formula is C8H10NO2-.